The van der Waals surface area contributed by atoms with Crippen LogP contribution in [0.4, 0.5) is 14.5 Å². The summed E-state index contributed by atoms with van der Waals surface area (Å²) in [5.41, 5.74) is 0.337. The van der Waals surface area contributed by atoms with E-state index in [-0.39, 0.29) is 24.0 Å². The minimum atomic E-state index is -2.92. The number of hydrogen-bond donors (Lipinski definition) is 1. The van der Waals surface area contributed by atoms with E-state index >= 15 is 0 Å². The molecule has 1 heterocycles. The fourth-order valence-electron chi connectivity index (χ4n) is 1.28. The van der Waals surface area contributed by atoms with Crippen LogP contribution >= 0.6 is 0 Å². The molecular weight excluding hydrogens is 208 g/mol. The van der Waals surface area contributed by atoms with Crippen molar-refractivity contribution in [2.24, 2.45) is 0 Å². The predicted molar refractivity (Wildman–Crippen MR) is 47.2 cm³/mol. The van der Waals surface area contributed by atoms with E-state index in [2.05, 4.69) is 10.1 Å². The molecule has 15 heavy (non-hydrogen) atoms. The molecule has 0 unspecified atom stereocenters. The van der Waals surface area contributed by atoms with Crippen molar-refractivity contribution in [3.05, 3.63) is 18.2 Å². The summed E-state index contributed by atoms with van der Waals surface area (Å²) in [7, 11) is 0. The number of carbonyl (C=O) groups is 1. The summed E-state index contributed by atoms with van der Waals surface area (Å²) in [6.45, 7) is -3.12. The van der Waals surface area contributed by atoms with Gasteiger partial charge in [0.05, 0.1) is 5.69 Å². The summed E-state index contributed by atoms with van der Waals surface area (Å²) in [6.07, 6.45) is 0. The summed E-state index contributed by atoms with van der Waals surface area (Å²) < 4.78 is 33.2. The molecule has 2 rings (SSSR count). The lowest BCUT2D eigenvalue weighted by Crippen LogP contribution is -2.25. The minimum absolute atomic E-state index is 0.0810. The van der Waals surface area contributed by atoms with Crippen molar-refractivity contribution in [2.45, 2.75) is 6.61 Å². The van der Waals surface area contributed by atoms with E-state index in [0.717, 1.165) is 0 Å². The Morgan fingerprint density at radius 1 is 1.47 bits per heavy atom. The Hall–Kier alpha value is -1.85. The van der Waals surface area contributed by atoms with Crippen LogP contribution < -0.4 is 14.8 Å². The Labute approximate surface area is 83.8 Å². The van der Waals surface area contributed by atoms with E-state index in [0.29, 0.717) is 5.69 Å². The number of nitrogens with one attached hydrogen (secondary N) is 1. The first-order valence-electron chi connectivity index (χ1n) is 4.17. The molecule has 0 radical (unpaired) electrons. The number of benzene rings is 1. The molecule has 0 bridgehead atoms. The van der Waals surface area contributed by atoms with E-state index in [9.17, 15) is 13.6 Å². The molecule has 1 aliphatic heterocycles. The van der Waals surface area contributed by atoms with Crippen LogP contribution in [0, 0.1) is 0 Å². The monoisotopic (exact) mass is 215 g/mol. The molecule has 0 aliphatic carbocycles. The average molecular weight is 215 g/mol. The molecule has 6 heteroatoms. The smallest absolute Gasteiger partial charge is 0.387 e. The molecule has 0 spiro atoms. The van der Waals surface area contributed by atoms with E-state index in [4.69, 9.17) is 4.74 Å². The van der Waals surface area contributed by atoms with Crippen molar-refractivity contribution in [1.29, 1.82) is 0 Å². The maximum atomic E-state index is 12.0. The van der Waals surface area contributed by atoms with Crippen molar-refractivity contribution in [1.82, 2.24) is 0 Å². The number of rotatable bonds is 2. The first-order chi connectivity index (χ1) is 7.16. The van der Waals surface area contributed by atoms with Gasteiger partial charge in [-0.2, -0.15) is 8.78 Å². The fourth-order valence-corrected chi connectivity index (χ4v) is 1.28. The third kappa shape index (κ3) is 1.98. The van der Waals surface area contributed by atoms with Gasteiger partial charge < -0.3 is 14.8 Å². The number of hydrogen-bond acceptors (Lipinski definition) is 3. The van der Waals surface area contributed by atoms with Crippen LogP contribution in [-0.4, -0.2) is 19.1 Å². The number of ether oxygens (including phenoxy) is 2. The molecule has 0 aromatic heterocycles. The molecule has 0 atom stereocenters. The number of fused-ring (bicyclic) bond motifs is 1. The molecule has 4 nitrogen and oxygen atoms in total. The topological polar surface area (TPSA) is 47.6 Å². The molecule has 1 amide bonds. The van der Waals surface area contributed by atoms with Gasteiger partial charge in [-0.3, -0.25) is 4.79 Å². The molecule has 1 N–H and O–H groups in total. The van der Waals surface area contributed by atoms with Gasteiger partial charge in [0.25, 0.3) is 5.91 Å². The summed E-state index contributed by atoms with van der Waals surface area (Å²) >= 11 is 0. The van der Waals surface area contributed by atoms with Crippen LogP contribution in [0.5, 0.6) is 11.5 Å². The third-order valence-electron chi connectivity index (χ3n) is 1.82. The Kier molecular flexibility index (Phi) is 2.40. The molecule has 1 aromatic rings. The first kappa shape index (κ1) is 9.70. The Morgan fingerprint density at radius 2 is 2.27 bits per heavy atom. The molecule has 0 saturated carbocycles. The van der Waals surface area contributed by atoms with Crippen molar-refractivity contribution in [2.75, 3.05) is 11.9 Å². The standard InChI is InChI=1S/C9H7F2NO3/c10-9(11)15-6-3-1-2-5-8(6)14-4-7(13)12-5/h1-3,9H,4H2,(H,12,13). The molecule has 0 saturated heterocycles. The normalized spacial score (nSPS) is 14.2. The molecule has 1 aliphatic rings. The summed E-state index contributed by atoms with van der Waals surface area (Å²) in [5.74, 6) is -0.267. The van der Waals surface area contributed by atoms with Gasteiger partial charge in [-0.1, -0.05) is 6.07 Å². The maximum Gasteiger partial charge on any atom is 0.387 e. The highest BCUT2D eigenvalue weighted by atomic mass is 19.3. The highest BCUT2D eigenvalue weighted by molar-refractivity contribution is 5.96. The largest absolute Gasteiger partial charge is 0.478 e. The molecule has 1 aromatic carbocycles. The summed E-state index contributed by atoms with van der Waals surface area (Å²) in [4.78, 5) is 10.9. The van der Waals surface area contributed by atoms with Crippen LogP contribution in [-0.2, 0) is 4.79 Å². The molecule has 80 valence electrons. The number of para-hydroxylation sites is 1. The van der Waals surface area contributed by atoms with Gasteiger partial charge in [0.15, 0.2) is 18.1 Å². The Balaban J connectivity index is 2.33. The van der Waals surface area contributed by atoms with E-state index < -0.39 is 6.61 Å². The maximum absolute atomic E-state index is 12.0. The highest BCUT2D eigenvalue weighted by Gasteiger charge is 2.21. The second kappa shape index (κ2) is 3.72. The van der Waals surface area contributed by atoms with Crippen molar-refractivity contribution >= 4 is 11.6 Å². The fraction of sp³-hybridized carbons (Fsp3) is 0.222. The van der Waals surface area contributed by atoms with Crippen LogP contribution in [0.15, 0.2) is 18.2 Å². The van der Waals surface area contributed by atoms with Crippen LogP contribution in [0.25, 0.3) is 0 Å². The van der Waals surface area contributed by atoms with Crippen LogP contribution in [0.3, 0.4) is 0 Å². The van der Waals surface area contributed by atoms with Gasteiger partial charge in [0.2, 0.25) is 0 Å². The highest BCUT2D eigenvalue weighted by Crippen LogP contribution is 2.37. The van der Waals surface area contributed by atoms with Gasteiger partial charge in [-0.25, -0.2) is 0 Å². The quantitative estimate of drug-likeness (QED) is 0.815. The first-order valence-corrected chi connectivity index (χ1v) is 4.17. The summed E-state index contributed by atoms with van der Waals surface area (Å²) in [5, 5.41) is 2.48. The van der Waals surface area contributed by atoms with Crippen molar-refractivity contribution < 1.29 is 23.0 Å². The van der Waals surface area contributed by atoms with Gasteiger partial charge in [-0.05, 0) is 12.1 Å². The van der Waals surface area contributed by atoms with E-state index in [1.54, 1.807) is 6.07 Å². The Morgan fingerprint density at radius 3 is 3.00 bits per heavy atom. The van der Waals surface area contributed by atoms with Crippen LogP contribution in [0.1, 0.15) is 0 Å². The lowest BCUT2D eigenvalue weighted by Gasteiger charge is -2.20. The predicted octanol–water partition coefficient (Wildman–Crippen LogP) is 1.62. The second-order valence-corrected chi connectivity index (χ2v) is 2.85. The van der Waals surface area contributed by atoms with Gasteiger partial charge in [0, 0.05) is 0 Å². The third-order valence-corrected chi connectivity index (χ3v) is 1.82. The lowest BCUT2D eigenvalue weighted by molar-refractivity contribution is -0.118. The van der Waals surface area contributed by atoms with E-state index in [1.807, 2.05) is 0 Å². The Bertz CT molecular complexity index is 395. The zero-order valence-electron chi connectivity index (χ0n) is 7.50. The van der Waals surface area contributed by atoms with Crippen molar-refractivity contribution in [3.63, 3.8) is 0 Å². The zero-order valence-corrected chi connectivity index (χ0v) is 7.50. The van der Waals surface area contributed by atoms with Gasteiger partial charge in [-0.15, -0.1) is 0 Å². The van der Waals surface area contributed by atoms with Crippen LogP contribution in [0.2, 0.25) is 0 Å². The lowest BCUT2D eigenvalue weighted by atomic mass is 10.2. The number of carbonyl (C=O) groups excluding carboxylic acids is 1. The molecular formula is C9H7F2NO3. The number of alkyl halides is 2. The number of anilines is 1. The minimum Gasteiger partial charge on any atom is -0.478 e. The zero-order chi connectivity index (χ0) is 10.8. The molecule has 0 fully saturated rings. The van der Waals surface area contributed by atoms with Gasteiger partial charge >= 0.3 is 6.61 Å². The van der Waals surface area contributed by atoms with Crippen molar-refractivity contribution in [3.8, 4) is 11.5 Å². The summed E-state index contributed by atoms with van der Waals surface area (Å²) in [6, 6.07) is 4.39. The van der Waals surface area contributed by atoms with E-state index in [1.165, 1.54) is 12.1 Å². The van der Waals surface area contributed by atoms with Gasteiger partial charge in [0.1, 0.15) is 0 Å². The average Bonchev–Trinajstić information content (AvgIpc) is 2.16. The number of amides is 1. The number of halogens is 2. The second-order valence-electron chi connectivity index (χ2n) is 2.85. The SMILES string of the molecule is O=C1COc2c(cccc2OC(F)F)N1.